The molecule has 1 aromatic carbocycles. The molecule has 0 N–H and O–H groups in total. The molecule has 1 fully saturated rings. The molecule has 1 aliphatic carbocycles. The molecule has 3 heteroatoms. The maximum Gasteiger partial charge on any atom is 0.145 e. The van der Waals surface area contributed by atoms with Gasteiger partial charge in [0.15, 0.2) is 0 Å². The highest BCUT2D eigenvalue weighted by atomic mass is 16.1. The number of ketones is 1. The van der Waals surface area contributed by atoms with Crippen molar-refractivity contribution in [3.8, 4) is 0 Å². The highest BCUT2D eigenvalue weighted by molar-refractivity contribution is 5.91. The van der Waals surface area contributed by atoms with E-state index in [9.17, 15) is 4.79 Å². The third kappa shape index (κ3) is 2.39. The fourth-order valence-electron chi connectivity index (χ4n) is 3.79. The molecule has 112 valence electrons. The highest BCUT2D eigenvalue weighted by Gasteiger charge is 2.39. The van der Waals surface area contributed by atoms with Gasteiger partial charge in [-0.25, -0.2) is 0 Å². The topological polar surface area (TPSA) is 34.9 Å². The number of carbonyl (C=O) groups excluding carboxylic acids is 1. The molecule has 2 aromatic rings. The van der Waals surface area contributed by atoms with Crippen molar-refractivity contribution < 1.29 is 4.79 Å². The number of para-hydroxylation sites is 1. The predicted octanol–water partition coefficient (Wildman–Crippen LogP) is 4.14. The quantitative estimate of drug-likeness (QED) is 0.827. The van der Waals surface area contributed by atoms with Gasteiger partial charge in [-0.15, -0.1) is 0 Å². The number of rotatable bonds is 5. The van der Waals surface area contributed by atoms with Crippen molar-refractivity contribution in [2.75, 3.05) is 0 Å². The molecule has 0 spiro atoms. The number of hydrogen-bond donors (Lipinski definition) is 0. The van der Waals surface area contributed by atoms with Crippen LogP contribution in [0.2, 0.25) is 0 Å². The van der Waals surface area contributed by atoms with Crippen molar-refractivity contribution >= 4 is 16.7 Å². The first-order chi connectivity index (χ1) is 10.2. The molecule has 0 saturated heterocycles. The average molecular weight is 284 g/mol. The summed E-state index contributed by atoms with van der Waals surface area (Å²) in [5.41, 5.74) is 2.02. The molecule has 1 saturated carbocycles. The first-order valence-electron chi connectivity index (χ1n) is 8.18. The number of benzene rings is 1. The van der Waals surface area contributed by atoms with Crippen LogP contribution in [0, 0.1) is 5.41 Å². The molecule has 1 aliphatic rings. The monoisotopic (exact) mass is 284 g/mol. The molecule has 0 aliphatic heterocycles. The smallest absolute Gasteiger partial charge is 0.145 e. The van der Waals surface area contributed by atoms with Crippen LogP contribution in [0.1, 0.15) is 51.6 Å². The number of hydrogen-bond acceptors (Lipinski definition) is 2. The van der Waals surface area contributed by atoms with Crippen LogP contribution in [0.25, 0.3) is 10.9 Å². The Bertz CT molecular complexity index is 650. The molecule has 0 atom stereocenters. The van der Waals surface area contributed by atoms with E-state index < -0.39 is 0 Å². The van der Waals surface area contributed by atoms with E-state index in [0.717, 1.165) is 42.4 Å². The lowest BCUT2D eigenvalue weighted by Gasteiger charge is -2.25. The van der Waals surface area contributed by atoms with E-state index in [-0.39, 0.29) is 5.41 Å². The summed E-state index contributed by atoms with van der Waals surface area (Å²) in [7, 11) is 0. The fourth-order valence-corrected chi connectivity index (χ4v) is 3.79. The van der Waals surface area contributed by atoms with Gasteiger partial charge in [-0.05, 0) is 32.3 Å². The zero-order chi connectivity index (χ0) is 14.9. The second-order valence-electron chi connectivity index (χ2n) is 6.22. The summed E-state index contributed by atoms with van der Waals surface area (Å²) in [5, 5.41) is 5.82. The lowest BCUT2D eigenvalue weighted by Crippen LogP contribution is -2.29. The van der Waals surface area contributed by atoms with Crippen LogP contribution in [-0.2, 0) is 17.8 Å². The first-order valence-corrected chi connectivity index (χ1v) is 8.18. The largest absolute Gasteiger partial charge is 0.299 e. The lowest BCUT2D eigenvalue weighted by atomic mass is 9.77. The standard InChI is InChI=1S/C18H24N2O/c1-3-18(11-7-8-12-18)17(21)13-15-14-9-5-6-10-16(14)20(4-2)19-15/h5-6,9-10H,3-4,7-8,11-13H2,1-2H3. The summed E-state index contributed by atoms with van der Waals surface area (Å²) in [5.74, 6) is 0.397. The van der Waals surface area contributed by atoms with Gasteiger partial charge in [0.25, 0.3) is 0 Å². The van der Waals surface area contributed by atoms with Crippen LogP contribution in [0.5, 0.6) is 0 Å². The molecule has 3 rings (SSSR count). The number of aryl methyl sites for hydroxylation is 1. The van der Waals surface area contributed by atoms with E-state index >= 15 is 0 Å². The molecule has 1 heterocycles. The van der Waals surface area contributed by atoms with Gasteiger partial charge >= 0.3 is 0 Å². The Morgan fingerprint density at radius 1 is 1.24 bits per heavy atom. The van der Waals surface area contributed by atoms with Crippen LogP contribution in [-0.4, -0.2) is 15.6 Å². The highest BCUT2D eigenvalue weighted by Crippen LogP contribution is 2.42. The molecule has 21 heavy (non-hydrogen) atoms. The summed E-state index contributed by atoms with van der Waals surface area (Å²) in [6.45, 7) is 5.09. The van der Waals surface area contributed by atoms with Crippen molar-refractivity contribution in [1.29, 1.82) is 0 Å². The Morgan fingerprint density at radius 3 is 2.62 bits per heavy atom. The minimum atomic E-state index is -0.0723. The Morgan fingerprint density at radius 2 is 1.95 bits per heavy atom. The maximum atomic E-state index is 12.9. The van der Waals surface area contributed by atoms with Gasteiger partial charge < -0.3 is 0 Å². The molecule has 0 unspecified atom stereocenters. The second-order valence-corrected chi connectivity index (χ2v) is 6.22. The summed E-state index contributed by atoms with van der Waals surface area (Å²) >= 11 is 0. The fraction of sp³-hybridized carbons (Fsp3) is 0.556. The van der Waals surface area contributed by atoms with E-state index in [2.05, 4.69) is 31.1 Å². The molecule has 0 amide bonds. The van der Waals surface area contributed by atoms with Crippen LogP contribution in [0.15, 0.2) is 24.3 Å². The number of Topliss-reactive ketones (excluding diaryl/α,β-unsaturated/α-hetero) is 1. The first kappa shape index (κ1) is 14.3. The summed E-state index contributed by atoms with van der Waals surface area (Å²) in [6.07, 6.45) is 5.98. The zero-order valence-electron chi connectivity index (χ0n) is 13.1. The molecule has 1 aromatic heterocycles. The SMILES string of the molecule is CCn1nc(CC(=O)C2(CC)CCCC2)c2ccccc21. The van der Waals surface area contributed by atoms with Gasteiger partial charge in [0.05, 0.1) is 17.6 Å². The van der Waals surface area contributed by atoms with Crippen LogP contribution in [0.3, 0.4) is 0 Å². The van der Waals surface area contributed by atoms with Gasteiger partial charge in [0.2, 0.25) is 0 Å². The lowest BCUT2D eigenvalue weighted by molar-refractivity contribution is -0.128. The van der Waals surface area contributed by atoms with Crippen LogP contribution < -0.4 is 0 Å². The number of aromatic nitrogens is 2. The number of carbonyl (C=O) groups is 1. The predicted molar refractivity (Wildman–Crippen MR) is 85.3 cm³/mol. The van der Waals surface area contributed by atoms with E-state index in [1.807, 2.05) is 16.8 Å². The van der Waals surface area contributed by atoms with Crippen LogP contribution in [0.4, 0.5) is 0 Å². The third-order valence-electron chi connectivity index (χ3n) is 5.19. The summed E-state index contributed by atoms with van der Waals surface area (Å²) in [4.78, 5) is 12.9. The summed E-state index contributed by atoms with van der Waals surface area (Å²) < 4.78 is 2.01. The van der Waals surface area contributed by atoms with E-state index in [1.165, 1.54) is 12.8 Å². The second kappa shape index (κ2) is 5.63. The van der Waals surface area contributed by atoms with Gasteiger partial charge in [-0.3, -0.25) is 9.48 Å². The Labute approximate surface area is 126 Å². The molecular formula is C18H24N2O. The zero-order valence-corrected chi connectivity index (χ0v) is 13.1. The third-order valence-corrected chi connectivity index (χ3v) is 5.19. The van der Waals surface area contributed by atoms with Crippen molar-refractivity contribution in [2.24, 2.45) is 5.41 Å². The van der Waals surface area contributed by atoms with Crippen molar-refractivity contribution in [1.82, 2.24) is 9.78 Å². The number of nitrogens with zero attached hydrogens (tertiary/aromatic N) is 2. The Hall–Kier alpha value is -1.64. The van der Waals surface area contributed by atoms with E-state index in [1.54, 1.807) is 0 Å². The van der Waals surface area contributed by atoms with Gasteiger partial charge in [0, 0.05) is 17.3 Å². The normalized spacial score (nSPS) is 17.4. The van der Waals surface area contributed by atoms with Crippen molar-refractivity contribution in [2.45, 2.75) is 58.9 Å². The summed E-state index contributed by atoms with van der Waals surface area (Å²) in [6, 6.07) is 8.24. The van der Waals surface area contributed by atoms with E-state index in [0.29, 0.717) is 12.2 Å². The minimum absolute atomic E-state index is 0.0723. The minimum Gasteiger partial charge on any atom is -0.299 e. The Balaban J connectivity index is 1.93. The maximum absolute atomic E-state index is 12.9. The molecule has 0 bridgehead atoms. The number of fused-ring (bicyclic) bond motifs is 1. The molecule has 3 nitrogen and oxygen atoms in total. The van der Waals surface area contributed by atoms with Crippen molar-refractivity contribution in [3.05, 3.63) is 30.0 Å². The molecular weight excluding hydrogens is 260 g/mol. The van der Waals surface area contributed by atoms with Crippen molar-refractivity contribution in [3.63, 3.8) is 0 Å². The van der Waals surface area contributed by atoms with E-state index in [4.69, 9.17) is 0 Å². The van der Waals surface area contributed by atoms with Gasteiger partial charge in [-0.1, -0.05) is 38.0 Å². The average Bonchev–Trinajstić information content (AvgIpc) is 3.13. The van der Waals surface area contributed by atoms with Gasteiger partial charge in [0.1, 0.15) is 5.78 Å². The molecule has 0 radical (unpaired) electrons. The van der Waals surface area contributed by atoms with Crippen LogP contribution >= 0.6 is 0 Å². The Kier molecular flexibility index (Phi) is 3.83. The van der Waals surface area contributed by atoms with Gasteiger partial charge in [-0.2, -0.15) is 5.10 Å².